The van der Waals surface area contributed by atoms with E-state index in [4.69, 9.17) is 9.47 Å². The Bertz CT molecular complexity index is 872. The van der Waals surface area contributed by atoms with E-state index in [0.717, 1.165) is 10.6 Å². The molecule has 1 aromatic heterocycles. The molecule has 1 aromatic rings. The molecule has 2 rings (SSSR count). The van der Waals surface area contributed by atoms with Gasteiger partial charge in [0.05, 0.1) is 24.6 Å². The zero-order valence-electron chi connectivity index (χ0n) is 16.0. The Morgan fingerprint density at radius 1 is 1.26 bits per heavy atom. The highest BCUT2D eigenvalue weighted by Crippen LogP contribution is 2.24. The summed E-state index contributed by atoms with van der Waals surface area (Å²) in [6.45, 7) is 4.89. The summed E-state index contributed by atoms with van der Waals surface area (Å²) >= 11 is 0. The average Bonchev–Trinajstić information content (AvgIpc) is 3.18. The number of methoxy groups -OCH3 is 1. The van der Waals surface area contributed by atoms with Gasteiger partial charge in [0.2, 0.25) is 15.8 Å². The minimum absolute atomic E-state index is 0.152. The van der Waals surface area contributed by atoms with Crippen molar-refractivity contribution in [2.45, 2.75) is 45.8 Å². The molecule has 1 fully saturated rings. The summed E-state index contributed by atoms with van der Waals surface area (Å²) in [5.41, 5.74) is 1.30. The van der Waals surface area contributed by atoms with E-state index in [1.807, 2.05) is 0 Å². The predicted molar refractivity (Wildman–Crippen MR) is 96.1 cm³/mol. The highest BCUT2D eigenvalue weighted by Gasteiger charge is 2.39. The van der Waals surface area contributed by atoms with Crippen molar-refractivity contribution in [3.8, 4) is 0 Å². The van der Waals surface area contributed by atoms with Crippen LogP contribution in [-0.4, -0.2) is 67.5 Å². The molecule has 1 saturated heterocycles. The lowest BCUT2D eigenvalue weighted by Crippen LogP contribution is -2.42. The minimum Gasteiger partial charge on any atom is -0.465 e. The van der Waals surface area contributed by atoms with Crippen LogP contribution in [0.5, 0.6) is 0 Å². The second-order valence-corrected chi connectivity index (χ2v) is 8.53. The van der Waals surface area contributed by atoms with Crippen LogP contribution < -0.4 is 0 Å². The Morgan fingerprint density at radius 2 is 1.89 bits per heavy atom. The summed E-state index contributed by atoms with van der Waals surface area (Å²) in [5, 5.41) is 0. The van der Waals surface area contributed by atoms with E-state index in [1.165, 1.54) is 14.0 Å². The number of aromatic nitrogens is 1. The Kier molecular flexibility index (Phi) is 6.10. The average molecular weight is 400 g/mol. The SMILES string of the molecule is COC(=O)c1c(C)[nH]c(C(=O)[C@H](C)OC(=O)[C@H]2CCCN2S(C)(=O)=O)c1C. The standard InChI is InChI=1S/C17H24N2O7S/c1-9-13(17(22)25-4)10(2)18-14(9)15(20)11(3)26-16(21)12-7-6-8-19(12)27(5,23)24/h11-12,18H,6-8H2,1-5H3/t11-,12+/m0/s1. The molecule has 2 heterocycles. The van der Waals surface area contributed by atoms with Crippen molar-refractivity contribution in [3.05, 3.63) is 22.5 Å². The number of ketones is 1. The quantitative estimate of drug-likeness (QED) is 0.557. The van der Waals surface area contributed by atoms with E-state index in [-0.39, 0.29) is 17.8 Å². The molecule has 0 aromatic carbocycles. The van der Waals surface area contributed by atoms with Gasteiger partial charge < -0.3 is 14.5 Å². The van der Waals surface area contributed by atoms with Crippen LogP contribution >= 0.6 is 0 Å². The summed E-state index contributed by atoms with van der Waals surface area (Å²) in [6, 6.07) is -0.924. The van der Waals surface area contributed by atoms with Gasteiger partial charge in [-0.05, 0) is 39.2 Å². The summed E-state index contributed by atoms with van der Waals surface area (Å²) in [6.07, 6.45) is 0.792. The van der Waals surface area contributed by atoms with E-state index in [2.05, 4.69) is 4.98 Å². The monoisotopic (exact) mass is 400 g/mol. The third-order valence-corrected chi connectivity index (χ3v) is 5.93. The van der Waals surface area contributed by atoms with E-state index in [9.17, 15) is 22.8 Å². The van der Waals surface area contributed by atoms with Crippen LogP contribution in [0.1, 0.15) is 51.9 Å². The zero-order valence-corrected chi connectivity index (χ0v) is 16.8. The molecule has 27 heavy (non-hydrogen) atoms. The Balaban J connectivity index is 2.17. The number of aromatic amines is 1. The number of sulfonamides is 1. The normalized spacial score (nSPS) is 18.9. The Hall–Kier alpha value is -2.20. The van der Waals surface area contributed by atoms with Crippen molar-refractivity contribution in [2.24, 2.45) is 0 Å². The highest BCUT2D eigenvalue weighted by molar-refractivity contribution is 7.88. The Labute approximate surface area is 158 Å². The molecule has 1 aliphatic rings. The number of Topliss-reactive ketones (excluding diaryl/α,β-unsaturated/α-hetero) is 1. The van der Waals surface area contributed by atoms with Gasteiger partial charge >= 0.3 is 11.9 Å². The van der Waals surface area contributed by atoms with Gasteiger partial charge in [-0.1, -0.05) is 0 Å². The number of hydrogen-bond acceptors (Lipinski definition) is 7. The molecule has 0 amide bonds. The summed E-state index contributed by atoms with van der Waals surface area (Å²) in [5.74, 6) is -1.84. The molecule has 0 saturated carbocycles. The molecule has 2 atom stereocenters. The molecule has 0 aliphatic carbocycles. The van der Waals surface area contributed by atoms with Gasteiger partial charge in [0.15, 0.2) is 6.10 Å². The second kappa shape index (κ2) is 7.81. The lowest BCUT2D eigenvalue weighted by Gasteiger charge is -2.22. The van der Waals surface area contributed by atoms with Crippen LogP contribution in [0, 0.1) is 13.8 Å². The number of rotatable bonds is 6. The van der Waals surface area contributed by atoms with Crippen molar-refractivity contribution in [2.75, 3.05) is 19.9 Å². The van der Waals surface area contributed by atoms with Crippen molar-refractivity contribution < 1.29 is 32.3 Å². The van der Waals surface area contributed by atoms with Crippen molar-refractivity contribution in [1.29, 1.82) is 0 Å². The maximum atomic E-state index is 12.7. The fraction of sp³-hybridized carbons (Fsp3) is 0.588. The van der Waals surface area contributed by atoms with Crippen molar-refractivity contribution in [1.82, 2.24) is 9.29 Å². The van der Waals surface area contributed by atoms with E-state index in [1.54, 1.807) is 13.8 Å². The lowest BCUT2D eigenvalue weighted by molar-refractivity contribution is -0.150. The number of carbonyl (C=O) groups excluding carboxylic acids is 3. The number of H-pyrrole nitrogens is 1. The molecule has 9 nitrogen and oxygen atoms in total. The van der Waals surface area contributed by atoms with Gasteiger partial charge in [-0.15, -0.1) is 0 Å². The molecule has 0 bridgehead atoms. The van der Waals surface area contributed by atoms with Gasteiger partial charge in [0.1, 0.15) is 6.04 Å². The molecule has 150 valence electrons. The minimum atomic E-state index is -3.54. The van der Waals surface area contributed by atoms with Crippen LogP contribution in [0.2, 0.25) is 0 Å². The molecular weight excluding hydrogens is 376 g/mol. The molecule has 0 spiro atoms. The number of carbonyl (C=O) groups is 3. The lowest BCUT2D eigenvalue weighted by atomic mass is 10.1. The molecule has 0 radical (unpaired) electrons. The maximum absolute atomic E-state index is 12.7. The molecule has 1 N–H and O–H groups in total. The van der Waals surface area contributed by atoms with E-state index in [0.29, 0.717) is 24.1 Å². The third-order valence-electron chi connectivity index (χ3n) is 4.64. The molecular formula is C17H24N2O7S. The molecule has 1 aliphatic heterocycles. The van der Waals surface area contributed by atoms with Gasteiger partial charge in [-0.3, -0.25) is 9.59 Å². The molecule has 10 heteroatoms. The third kappa shape index (κ3) is 4.22. The first-order chi connectivity index (χ1) is 12.5. The number of hydrogen-bond donors (Lipinski definition) is 1. The van der Waals surface area contributed by atoms with Gasteiger partial charge in [0, 0.05) is 12.2 Å². The van der Waals surface area contributed by atoms with Crippen LogP contribution in [0.15, 0.2) is 0 Å². The van der Waals surface area contributed by atoms with Crippen LogP contribution in [-0.2, 0) is 24.3 Å². The number of nitrogens with zero attached hydrogens (tertiary/aromatic N) is 1. The summed E-state index contributed by atoms with van der Waals surface area (Å²) in [4.78, 5) is 39.8. The number of nitrogens with one attached hydrogen (secondary N) is 1. The van der Waals surface area contributed by atoms with Crippen molar-refractivity contribution >= 4 is 27.7 Å². The summed E-state index contributed by atoms with van der Waals surface area (Å²) < 4.78 is 34.6. The first-order valence-corrected chi connectivity index (χ1v) is 10.3. The van der Waals surface area contributed by atoms with Crippen LogP contribution in [0.4, 0.5) is 0 Å². The zero-order chi connectivity index (χ0) is 20.5. The summed E-state index contributed by atoms with van der Waals surface area (Å²) in [7, 11) is -2.29. The number of ether oxygens (including phenoxy) is 2. The number of aryl methyl sites for hydroxylation is 1. The first kappa shape index (κ1) is 21.1. The van der Waals surface area contributed by atoms with E-state index < -0.39 is 39.9 Å². The Morgan fingerprint density at radius 3 is 2.44 bits per heavy atom. The highest BCUT2D eigenvalue weighted by atomic mass is 32.2. The van der Waals surface area contributed by atoms with Crippen molar-refractivity contribution in [3.63, 3.8) is 0 Å². The topological polar surface area (TPSA) is 123 Å². The van der Waals surface area contributed by atoms with E-state index >= 15 is 0 Å². The van der Waals surface area contributed by atoms with Gasteiger partial charge in [-0.2, -0.15) is 4.31 Å². The predicted octanol–water partition coefficient (Wildman–Crippen LogP) is 0.957. The smallest absolute Gasteiger partial charge is 0.339 e. The van der Waals surface area contributed by atoms with Gasteiger partial charge in [0.25, 0.3) is 0 Å². The maximum Gasteiger partial charge on any atom is 0.339 e. The fourth-order valence-electron chi connectivity index (χ4n) is 3.29. The van der Waals surface area contributed by atoms with Gasteiger partial charge in [-0.25, -0.2) is 13.2 Å². The first-order valence-electron chi connectivity index (χ1n) is 8.48. The van der Waals surface area contributed by atoms with Crippen LogP contribution in [0.3, 0.4) is 0 Å². The van der Waals surface area contributed by atoms with Crippen LogP contribution in [0.25, 0.3) is 0 Å². The largest absolute Gasteiger partial charge is 0.465 e. The number of esters is 2. The molecule has 0 unspecified atom stereocenters. The second-order valence-electron chi connectivity index (χ2n) is 6.59. The fourth-order valence-corrected chi connectivity index (χ4v) is 4.40.